The highest BCUT2D eigenvalue weighted by Crippen LogP contribution is 2.26. The quantitative estimate of drug-likeness (QED) is 0.346. The number of ether oxygens (including phenoxy) is 1. The first-order valence-electron chi connectivity index (χ1n) is 10.8. The number of amides is 1. The molecule has 1 aliphatic rings. The van der Waals surface area contributed by atoms with E-state index in [1.165, 1.54) is 39.1 Å². The highest BCUT2D eigenvalue weighted by Gasteiger charge is 2.26. The van der Waals surface area contributed by atoms with Crippen molar-refractivity contribution in [3.05, 3.63) is 69.0 Å². The predicted molar refractivity (Wildman–Crippen MR) is 135 cm³/mol. The zero-order chi connectivity index (χ0) is 24.0. The Labute approximate surface area is 206 Å². The van der Waals surface area contributed by atoms with Gasteiger partial charge in [-0.1, -0.05) is 24.6 Å². The molecule has 34 heavy (non-hydrogen) atoms. The Balaban J connectivity index is 1.40. The molecule has 3 aromatic rings. The first-order chi connectivity index (χ1) is 16.4. The van der Waals surface area contributed by atoms with Crippen molar-refractivity contribution >= 4 is 61.9 Å². The lowest BCUT2D eigenvalue weighted by Crippen LogP contribution is -2.35. The lowest BCUT2D eigenvalue weighted by molar-refractivity contribution is -0.141. The van der Waals surface area contributed by atoms with E-state index in [9.17, 15) is 18.0 Å². The van der Waals surface area contributed by atoms with Crippen LogP contribution in [0.3, 0.4) is 0 Å². The van der Waals surface area contributed by atoms with Crippen LogP contribution < -0.4 is 5.32 Å². The van der Waals surface area contributed by atoms with Crippen molar-refractivity contribution in [3.63, 3.8) is 0 Å². The number of nitrogens with zero attached hydrogens (tertiary/aromatic N) is 1. The number of rotatable bonds is 8. The van der Waals surface area contributed by atoms with Gasteiger partial charge in [0, 0.05) is 28.5 Å². The predicted octanol–water partition coefficient (Wildman–Crippen LogP) is 4.71. The number of hydrogen-bond acceptors (Lipinski definition) is 7. The molecular formula is C24H24N2O5S3. The third-order valence-electron chi connectivity index (χ3n) is 5.24. The van der Waals surface area contributed by atoms with E-state index in [1.807, 2.05) is 35.0 Å². The summed E-state index contributed by atoms with van der Waals surface area (Å²) in [6.07, 6.45) is 4.45. The summed E-state index contributed by atoms with van der Waals surface area (Å²) in [5.74, 6) is -1.16. The summed E-state index contributed by atoms with van der Waals surface area (Å²) >= 11 is 2.90. The summed E-state index contributed by atoms with van der Waals surface area (Å²) in [7, 11) is -3.62. The Morgan fingerprint density at radius 2 is 1.76 bits per heavy atom. The third-order valence-corrected chi connectivity index (χ3v) is 8.86. The molecule has 4 rings (SSSR count). The van der Waals surface area contributed by atoms with Crippen LogP contribution in [0.5, 0.6) is 0 Å². The largest absolute Gasteiger partial charge is 0.452 e. The van der Waals surface area contributed by atoms with Crippen molar-refractivity contribution in [1.29, 1.82) is 0 Å². The SMILES string of the molecule is O=C(COC(=O)/C(=C/c1cccs1)c1cccs1)Nc1cccc(S(=O)(=O)N2CCCCC2)c1. The van der Waals surface area contributed by atoms with Crippen molar-refractivity contribution in [2.45, 2.75) is 24.2 Å². The maximum Gasteiger partial charge on any atom is 0.340 e. The highest BCUT2D eigenvalue weighted by molar-refractivity contribution is 7.89. The second-order valence-electron chi connectivity index (χ2n) is 7.67. The van der Waals surface area contributed by atoms with E-state index < -0.39 is 28.5 Å². The van der Waals surface area contributed by atoms with Crippen LogP contribution >= 0.6 is 22.7 Å². The minimum absolute atomic E-state index is 0.128. The van der Waals surface area contributed by atoms with Gasteiger partial charge in [0.05, 0.1) is 10.5 Å². The molecule has 10 heteroatoms. The fourth-order valence-electron chi connectivity index (χ4n) is 3.57. The summed E-state index contributed by atoms with van der Waals surface area (Å²) in [6, 6.07) is 13.6. The Bertz CT molecular complexity index is 1260. The van der Waals surface area contributed by atoms with Gasteiger partial charge in [0.2, 0.25) is 10.0 Å². The average molecular weight is 517 g/mol. The van der Waals surface area contributed by atoms with Gasteiger partial charge in [0.25, 0.3) is 5.91 Å². The smallest absolute Gasteiger partial charge is 0.340 e. The van der Waals surface area contributed by atoms with Gasteiger partial charge in [0.1, 0.15) is 0 Å². The molecule has 1 saturated heterocycles. The van der Waals surface area contributed by atoms with Gasteiger partial charge >= 0.3 is 5.97 Å². The zero-order valence-corrected chi connectivity index (χ0v) is 20.8. The lowest BCUT2D eigenvalue weighted by atomic mass is 10.2. The summed E-state index contributed by atoms with van der Waals surface area (Å²) in [6.45, 7) is 0.510. The van der Waals surface area contributed by atoms with Gasteiger partial charge in [-0.25, -0.2) is 13.2 Å². The van der Waals surface area contributed by atoms with E-state index in [4.69, 9.17) is 4.74 Å². The first-order valence-corrected chi connectivity index (χ1v) is 14.0. The van der Waals surface area contributed by atoms with Crippen LogP contribution in [0.4, 0.5) is 5.69 Å². The highest BCUT2D eigenvalue weighted by atomic mass is 32.2. The normalized spacial score (nSPS) is 15.1. The number of hydrogen-bond donors (Lipinski definition) is 1. The van der Waals surface area contributed by atoms with Gasteiger partial charge in [-0.2, -0.15) is 4.31 Å². The van der Waals surface area contributed by atoms with Crippen LogP contribution in [0.1, 0.15) is 29.0 Å². The molecule has 3 heterocycles. The molecule has 0 saturated carbocycles. The molecule has 0 radical (unpaired) electrons. The van der Waals surface area contributed by atoms with Crippen LogP contribution in [0.2, 0.25) is 0 Å². The van der Waals surface area contributed by atoms with Crippen molar-refractivity contribution < 1.29 is 22.7 Å². The van der Waals surface area contributed by atoms with E-state index in [1.54, 1.807) is 18.2 Å². The standard InChI is InChI=1S/C24H24N2O5S3/c27-23(17-31-24(28)21(22-10-6-14-33-22)16-19-8-5-13-32-19)25-18-7-4-9-20(15-18)34(29,30)26-11-2-1-3-12-26/h4-10,13-16H,1-3,11-12,17H2,(H,25,27)/b21-16+. The lowest BCUT2D eigenvalue weighted by Gasteiger charge is -2.26. The summed E-state index contributed by atoms with van der Waals surface area (Å²) < 4.78 is 32.5. The number of carbonyl (C=O) groups excluding carboxylic acids is 2. The topological polar surface area (TPSA) is 92.8 Å². The first kappa shape index (κ1) is 24.3. The molecule has 2 aromatic heterocycles. The van der Waals surface area contributed by atoms with Crippen LogP contribution in [0, 0.1) is 0 Å². The molecule has 0 atom stereocenters. The maximum absolute atomic E-state index is 12.9. The Morgan fingerprint density at radius 3 is 2.47 bits per heavy atom. The van der Waals surface area contributed by atoms with Crippen LogP contribution in [0.15, 0.2) is 64.2 Å². The second-order valence-corrected chi connectivity index (χ2v) is 11.5. The Hall–Kier alpha value is -2.79. The fraction of sp³-hybridized carbons (Fsp3) is 0.250. The van der Waals surface area contributed by atoms with Crippen LogP contribution in [-0.2, 0) is 24.3 Å². The van der Waals surface area contributed by atoms with Crippen molar-refractivity contribution in [1.82, 2.24) is 4.31 Å². The summed E-state index contributed by atoms with van der Waals surface area (Å²) in [5, 5.41) is 6.39. The number of anilines is 1. The van der Waals surface area contributed by atoms with Crippen molar-refractivity contribution in [2.24, 2.45) is 0 Å². The zero-order valence-electron chi connectivity index (χ0n) is 18.3. The number of piperidine rings is 1. The monoisotopic (exact) mass is 516 g/mol. The molecule has 0 spiro atoms. The Kier molecular flexibility index (Phi) is 7.94. The molecule has 7 nitrogen and oxygen atoms in total. The van der Waals surface area contributed by atoms with Gasteiger partial charge in [0.15, 0.2) is 6.61 Å². The molecule has 0 bridgehead atoms. The number of thiophene rings is 2. The van der Waals surface area contributed by atoms with Crippen LogP contribution in [-0.4, -0.2) is 44.3 Å². The van der Waals surface area contributed by atoms with E-state index >= 15 is 0 Å². The van der Waals surface area contributed by atoms with E-state index in [0.29, 0.717) is 24.4 Å². The minimum Gasteiger partial charge on any atom is -0.452 e. The minimum atomic E-state index is -3.62. The molecule has 0 unspecified atom stereocenters. The maximum atomic E-state index is 12.9. The molecule has 1 fully saturated rings. The van der Waals surface area contributed by atoms with E-state index in [-0.39, 0.29) is 4.90 Å². The molecule has 1 N–H and O–H groups in total. The summed E-state index contributed by atoms with van der Waals surface area (Å²) in [5.41, 5.74) is 0.701. The number of esters is 1. The van der Waals surface area contributed by atoms with Gasteiger partial charge in [-0.15, -0.1) is 22.7 Å². The number of sulfonamides is 1. The van der Waals surface area contributed by atoms with E-state index in [0.717, 1.165) is 29.0 Å². The molecule has 1 aromatic carbocycles. The van der Waals surface area contributed by atoms with E-state index in [2.05, 4.69) is 5.32 Å². The van der Waals surface area contributed by atoms with Gasteiger partial charge in [-0.05, 0) is 60.0 Å². The number of carbonyl (C=O) groups is 2. The second kappa shape index (κ2) is 11.1. The molecule has 0 aliphatic carbocycles. The summed E-state index contributed by atoms with van der Waals surface area (Å²) in [4.78, 5) is 27.0. The molecule has 178 valence electrons. The third kappa shape index (κ3) is 6.01. The fourth-order valence-corrected chi connectivity index (χ4v) is 6.52. The molecular weight excluding hydrogens is 492 g/mol. The van der Waals surface area contributed by atoms with Crippen molar-refractivity contribution in [3.8, 4) is 0 Å². The molecule has 1 amide bonds. The average Bonchev–Trinajstić information content (AvgIpc) is 3.56. The van der Waals surface area contributed by atoms with Gasteiger partial charge < -0.3 is 10.1 Å². The van der Waals surface area contributed by atoms with Crippen molar-refractivity contribution in [2.75, 3.05) is 25.0 Å². The van der Waals surface area contributed by atoms with Gasteiger partial charge in [-0.3, -0.25) is 4.79 Å². The number of nitrogens with one attached hydrogen (secondary N) is 1. The Morgan fingerprint density at radius 1 is 1.00 bits per heavy atom. The molecule has 1 aliphatic heterocycles. The number of benzene rings is 1. The van der Waals surface area contributed by atoms with Crippen LogP contribution in [0.25, 0.3) is 11.6 Å².